The monoisotopic (exact) mass is 281 g/mol. The average Bonchev–Trinajstić information content (AvgIpc) is 2.87. The van der Waals surface area contributed by atoms with Gasteiger partial charge in [-0.05, 0) is 12.1 Å². The largest absolute Gasteiger partial charge is 0.480 e. The first-order valence-electron chi connectivity index (χ1n) is 5.75. The van der Waals surface area contributed by atoms with Crippen molar-refractivity contribution in [2.75, 3.05) is 30.6 Å². The van der Waals surface area contributed by atoms with Gasteiger partial charge in [0.15, 0.2) is 0 Å². The molecule has 1 saturated heterocycles. The highest BCUT2D eigenvalue weighted by Gasteiger charge is 2.35. The molecular formula is C12H15N3O3S. The third-order valence-electron chi connectivity index (χ3n) is 2.88. The van der Waals surface area contributed by atoms with Crippen LogP contribution in [0.3, 0.4) is 0 Å². The van der Waals surface area contributed by atoms with E-state index in [2.05, 4.69) is 4.98 Å². The van der Waals surface area contributed by atoms with E-state index >= 15 is 0 Å². The Hall–Kier alpha value is -1.76. The number of hydrogen-bond acceptors (Lipinski definition) is 5. The zero-order valence-electron chi connectivity index (χ0n) is 10.7. The molecule has 0 radical (unpaired) electrons. The Balaban J connectivity index is 2.17. The van der Waals surface area contributed by atoms with Gasteiger partial charge in [0, 0.05) is 26.0 Å². The summed E-state index contributed by atoms with van der Waals surface area (Å²) in [5, 5.41) is 9.07. The molecule has 1 aromatic heterocycles. The summed E-state index contributed by atoms with van der Waals surface area (Å²) in [4.78, 5) is 30.7. The molecule has 0 bridgehead atoms. The van der Waals surface area contributed by atoms with Crippen LogP contribution in [-0.2, 0) is 4.79 Å². The Morgan fingerprint density at radius 3 is 2.74 bits per heavy atom. The molecule has 1 N–H and O–H groups in total. The third kappa shape index (κ3) is 2.81. The van der Waals surface area contributed by atoms with Crippen molar-refractivity contribution >= 4 is 29.5 Å². The highest BCUT2D eigenvalue weighted by Crippen LogP contribution is 2.23. The number of aliphatic carboxylic acids is 1. The van der Waals surface area contributed by atoms with Crippen molar-refractivity contribution < 1.29 is 14.7 Å². The number of nitrogens with zero attached hydrogens (tertiary/aromatic N) is 3. The van der Waals surface area contributed by atoms with Gasteiger partial charge in [0.1, 0.15) is 11.9 Å². The normalized spacial score (nSPS) is 18.4. The molecule has 2 rings (SSSR count). The lowest BCUT2D eigenvalue weighted by molar-refractivity contribution is -0.140. The summed E-state index contributed by atoms with van der Waals surface area (Å²) in [5.74, 6) is 0.351. The molecule has 0 spiro atoms. The number of carbonyl (C=O) groups excluding carboxylic acids is 1. The van der Waals surface area contributed by atoms with Gasteiger partial charge in [0.2, 0.25) is 0 Å². The minimum absolute atomic E-state index is 0.282. The van der Waals surface area contributed by atoms with Gasteiger partial charge in [0.05, 0.1) is 11.4 Å². The molecule has 1 atom stereocenters. The zero-order chi connectivity index (χ0) is 14.0. The van der Waals surface area contributed by atoms with Crippen molar-refractivity contribution in [2.24, 2.45) is 0 Å². The lowest BCUT2D eigenvalue weighted by atomic mass is 10.2. The summed E-state index contributed by atoms with van der Waals surface area (Å²) in [6.07, 6.45) is 1.49. The number of aromatic nitrogens is 1. The number of carbonyl (C=O) groups is 2. The van der Waals surface area contributed by atoms with E-state index in [4.69, 9.17) is 5.11 Å². The smallest absolute Gasteiger partial charge is 0.327 e. The van der Waals surface area contributed by atoms with Crippen LogP contribution in [0.1, 0.15) is 10.4 Å². The van der Waals surface area contributed by atoms with E-state index in [-0.39, 0.29) is 5.91 Å². The lowest BCUT2D eigenvalue weighted by Gasteiger charge is -2.20. The second-order valence-electron chi connectivity index (χ2n) is 4.43. The highest BCUT2D eigenvalue weighted by atomic mass is 32.2. The molecule has 19 heavy (non-hydrogen) atoms. The van der Waals surface area contributed by atoms with Crippen molar-refractivity contribution in [3.63, 3.8) is 0 Å². The first kappa shape index (κ1) is 13.7. The summed E-state index contributed by atoms with van der Waals surface area (Å²) in [7, 11) is 3.72. The van der Waals surface area contributed by atoms with Crippen molar-refractivity contribution in [2.45, 2.75) is 6.04 Å². The maximum absolute atomic E-state index is 12.2. The van der Waals surface area contributed by atoms with Crippen LogP contribution < -0.4 is 4.90 Å². The third-order valence-corrected chi connectivity index (χ3v) is 3.89. The highest BCUT2D eigenvalue weighted by molar-refractivity contribution is 7.99. The number of carboxylic acids is 1. The Labute approximate surface area is 115 Å². The predicted molar refractivity (Wildman–Crippen MR) is 73.5 cm³/mol. The van der Waals surface area contributed by atoms with Gasteiger partial charge in [-0.1, -0.05) is 0 Å². The molecule has 1 aliphatic rings. The van der Waals surface area contributed by atoms with Gasteiger partial charge in [-0.2, -0.15) is 0 Å². The van der Waals surface area contributed by atoms with Gasteiger partial charge in [-0.3, -0.25) is 4.79 Å². The van der Waals surface area contributed by atoms with E-state index in [1.54, 1.807) is 12.1 Å². The maximum atomic E-state index is 12.2. The van der Waals surface area contributed by atoms with Crippen LogP contribution in [0.2, 0.25) is 0 Å². The second-order valence-corrected chi connectivity index (χ2v) is 5.43. The molecule has 0 unspecified atom stereocenters. The molecule has 1 aromatic rings. The summed E-state index contributed by atoms with van der Waals surface area (Å²) < 4.78 is 0. The second kappa shape index (κ2) is 5.48. The molecule has 7 heteroatoms. The Kier molecular flexibility index (Phi) is 3.94. The molecule has 0 aromatic carbocycles. The summed E-state index contributed by atoms with van der Waals surface area (Å²) >= 11 is 1.45. The van der Waals surface area contributed by atoms with Crippen LogP contribution in [0.15, 0.2) is 18.3 Å². The molecule has 2 heterocycles. The number of anilines is 1. The van der Waals surface area contributed by atoms with E-state index in [1.807, 2.05) is 19.0 Å². The van der Waals surface area contributed by atoms with Crippen LogP contribution in [0.25, 0.3) is 0 Å². The molecule has 1 aliphatic heterocycles. The van der Waals surface area contributed by atoms with E-state index in [0.29, 0.717) is 17.2 Å². The van der Waals surface area contributed by atoms with Crippen LogP contribution in [-0.4, -0.2) is 58.6 Å². The lowest BCUT2D eigenvalue weighted by Crippen LogP contribution is -2.41. The fourth-order valence-electron chi connectivity index (χ4n) is 1.79. The number of pyridine rings is 1. The Bertz CT molecular complexity index is 489. The molecule has 1 fully saturated rings. The molecule has 102 valence electrons. The molecule has 0 aliphatic carbocycles. The first-order valence-corrected chi connectivity index (χ1v) is 6.91. The molecule has 0 saturated carbocycles. The number of rotatable bonds is 3. The fraction of sp³-hybridized carbons (Fsp3) is 0.417. The molecular weight excluding hydrogens is 266 g/mol. The Morgan fingerprint density at radius 1 is 1.47 bits per heavy atom. The summed E-state index contributed by atoms with van der Waals surface area (Å²) in [5.41, 5.74) is 0.416. The molecule has 6 nitrogen and oxygen atoms in total. The summed E-state index contributed by atoms with van der Waals surface area (Å²) in [6.45, 7) is 0. The number of thioether (sulfide) groups is 1. The zero-order valence-corrected chi connectivity index (χ0v) is 11.6. The predicted octanol–water partition coefficient (Wildman–Crippen LogP) is 0.747. The first-order chi connectivity index (χ1) is 9.00. The van der Waals surface area contributed by atoms with Crippen LogP contribution in [0, 0.1) is 0 Å². The van der Waals surface area contributed by atoms with Crippen LogP contribution in [0.4, 0.5) is 5.82 Å². The van der Waals surface area contributed by atoms with Crippen molar-refractivity contribution in [1.29, 1.82) is 0 Å². The quantitative estimate of drug-likeness (QED) is 0.881. The number of hydrogen-bond donors (Lipinski definition) is 1. The number of carboxylic acid groups (broad SMARTS) is 1. The van der Waals surface area contributed by atoms with Crippen molar-refractivity contribution in [1.82, 2.24) is 9.88 Å². The van der Waals surface area contributed by atoms with Gasteiger partial charge < -0.3 is 14.9 Å². The van der Waals surface area contributed by atoms with Gasteiger partial charge in [0.25, 0.3) is 5.91 Å². The van der Waals surface area contributed by atoms with Crippen LogP contribution in [0.5, 0.6) is 0 Å². The van der Waals surface area contributed by atoms with Gasteiger partial charge in [-0.15, -0.1) is 11.8 Å². The van der Waals surface area contributed by atoms with E-state index in [0.717, 1.165) is 5.82 Å². The summed E-state index contributed by atoms with van der Waals surface area (Å²) in [6, 6.07) is 2.67. The van der Waals surface area contributed by atoms with Crippen LogP contribution >= 0.6 is 11.8 Å². The minimum atomic E-state index is -0.962. The standard InChI is InChI=1S/C12H15N3O3S/c1-14(2)10-4-3-8(5-13-10)11(16)15-7-19-6-9(15)12(17)18/h3-5,9H,6-7H2,1-2H3,(H,17,18)/t9-/m0/s1. The maximum Gasteiger partial charge on any atom is 0.327 e. The minimum Gasteiger partial charge on any atom is -0.480 e. The van der Waals surface area contributed by atoms with Crippen molar-refractivity contribution in [3.05, 3.63) is 23.9 Å². The Morgan fingerprint density at radius 2 is 2.21 bits per heavy atom. The fourth-order valence-corrected chi connectivity index (χ4v) is 2.94. The number of amides is 1. The topological polar surface area (TPSA) is 73.7 Å². The van der Waals surface area contributed by atoms with E-state index in [1.165, 1.54) is 22.9 Å². The van der Waals surface area contributed by atoms with E-state index < -0.39 is 12.0 Å². The van der Waals surface area contributed by atoms with E-state index in [9.17, 15) is 9.59 Å². The van der Waals surface area contributed by atoms with Gasteiger partial charge >= 0.3 is 5.97 Å². The average molecular weight is 281 g/mol. The molecule has 1 amide bonds. The van der Waals surface area contributed by atoms with Crippen molar-refractivity contribution in [3.8, 4) is 0 Å². The SMILES string of the molecule is CN(C)c1ccc(C(=O)N2CSC[C@H]2C(=O)O)cn1. The van der Waals surface area contributed by atoms with Gasteiger partial charge in [-0.25, -0.2) is 9.78 Å².